The zero-order chi connectivity index (χ0) is 14.5. The van der Waals surface area contributed by atoms with Crippen LogP contribution in [-0.4, -0.2) is 14.5 Å². The highest BCUT2D eigenvalue weighted by Gasteiger charge is 2.13. The van der Waals surface area contributed by atoms with Crippen LogP contribution in [0.5, 0.6) is 0 Å². The predicted octanol–water partition coefficient (Wildman–Crippen LogP) is 2.57. The minimum atomic E-state index is -0.147. The van der Waals surface area contributed by atoms with Crippen LogP contribution >= 0.6 is 0 Å². The van der Waals surface area contributed by atoms with Gasteiger partial charge in [0.15, 0.2) is 0 Å². The van der Waals surface area contributed by atoms with E-state index >= 15 is 0 Å². The summed E-state index contributed by atoms with van der Waals surface area (Å²) in [5, 5.41) is 0. The fraction of sp³-hybridized carbons (Fsp3) is 0.176. The first kappa shape index (κ1) is 13.5. The Bertz CT molecular complexity index is 676. The van der Waals surface area contributed by atoms with Crippen LogP contribution in [0.3, 0.4) is 0 Å². The molecule has 0 aliphatic heterocycles. The summed E-state index contributed by atoms with van der Waals surface area (Å²) in [6, 6.07) is 14.0. The summed E-state index contributed by atoms with van der Waals surface area (Å²) in [7, 11) is 0. The molecule has 0 aliphatic carbocycles. The van der Waals surface area contributed by atoms with Gasteiger partial charge in [-0.05, 0) is 29.7 Å². The molecule has 0 aliphatic rings. The molecular formula is C17H18N4. The predicted molar refractivity (Wildman–Crippen MR) is 82.6 cm³/mol. The van der Waals surface area contributed by atoms with Gasteiger partial charge in [0.1, 0.15) is 0 Å². The molecular weight excluding hydrogens is 260 g/mol. The first-order valence-electron chi connectivity index (χ1n) is 7.04. The minimum Gasteiger partial charge on any atom is -0.333 e. The number of nitrogens with two attached hydrogens (primary N) is 1. The number of imidazole rings is 1. The Morgan fingerprint density at radius 3 is 2.52 bits per heavy atom. The molecule has 0 amide bonds. The third kappa shape index (κ3) is 3.17. The van der Waals surface area contributed by atoms with E-state index in [4.69, 9.17) is 5.73 Å². The molecule has 2 aromatic heterocycles. The van der Waals surface area contributed by atoms with Gasteiger partial charge in [-0.15, -0.1) is 0 Å². The van der Waals surface area contributed by atoms with Crippen molar-refractivity contribution in [1.82, 2.24) is 14.5 Å². The highest BCUT2D eigenvalue weighted by molar-refractivity contribution is 5.26. The molecule has 4 heteroatoms. The van der Waals surface area contributed by atoms with Crippen LogP contribution in [0.25, 0.3) is 0 Å². The second-order valence-electron chi connectivity index (χ2n) is 5.01. The minimum absolute atomic E-state index is 0.147. The lowest BCUT2D eigenvalue weighted by Gasteiger charge is -2.15. The standard InChI is InChI=1S/C17H18N4/c18-17(15-4-2-1-3-5-15)16-12-20-13-21(16)11-8-14-6-9-19-10-7-14/h1-7,9-10,12-13,17H,8,11,18H2. The van der Waals surface area contributed by atoms with E-state index in [1.165, 1.54) is 5.56 Å². The number of nitrogens with zero attached hydrogens (tertiary/aromatic N) is 3. The zero-order valence-corrected chi connectivity index (χ0v) is 11.8. The molecule has 2 N–H and O–H groups in total. The Morgan fingerprint density at radius 1 is 1.00 bits per heavy atom. The second-order valence-corrected chi connectivity index (χ2v) is 5.01. The van der Waals surface area contributed by atoms with Crippen LogP contribution in [-0.2, 0) is 13.0 Å². The van der Waals surface area contributed by atoms with E-state index in [1.807, 2.05) is 67.4 Å². The van der Waals surface area contributed by atoms with Crippen molar-refractivity contribution in [1.29, 1.82) is 0 Å². The summed E-state index contributed by atoms with van der Waals surface area (Å²) in [5.41, 5.74) is 9.76. The molecule has 0 fully saturated rings. The molecule has 1 aromatic carbocycles. The summed E-state index contributed by atoms with van der Waals surface area (Å²) in [4.78, 5) is 8.29. The van der Waals surface area contributed by atoms with E-state index in [0.29, 0.717) is 0 Å². The van der Waals surface area contributed by atoms with Crippen LogP contribution in [0.15, 0.2) is 67.4 Å². The maximum Gasteiger partial charge on any atom is 0.0948 e. The third-order valence-corrected chi connectivity index (χ3v) is 3.61. The molecule has 0 bridgehead atoms. The molecule has 3 aromatic rings. The van der Waals surface area contributed by atoms with Crippen molar-refractivity contribution in [2.75, 3.05) is 0 Å². The van der Waals surface area contributed by atoms with Crippen molar-refractivity contribution in [3.8, 4) is 0 Å². The first-order valence-corrected chi connectivity index (χ1v) is 7.04. The van der Waals surface area contributed by atoms with E-state index in [-0.39, 0.29) is 6.04 Å². The van der Waals surface area contributed by atoms with Gasteiger partial charge in [-0.2, -0.15) is 0 Å². The summed E-state index contributed by atoms with van der Waals surface area (Å²) in [6.45, 7) is 0.861. The summed E-state index contributed by atoms with van der Waals surface area (Å²) < 4.78 is 2.12. The van der Waals surface area contributed by atoms with Gasteiger partial charge in [-0.25, -0.2) is 4.98 Å². The Morgan fingerprint density at radius 2 is 1.76 bits per heavy atom. The topological polar surface area (TPSA) is 56.7 Å². The van der Waals surface area contributed by atoms with Gasteiger partial charge in [-0.3, -0.25) is 4.98 Å². The Hall–Kier alpha value is -2.46. The van der Waals surface area contributed by atoms with Gasteiger partial charge in [-0.1, -0.05) is 30.3 Å². The molecule has 0 saturated heterocycles. The number of aromatic nitrogens is 3. The fourth-order valence-corrected chi connectivity index (χ4v) is 2.41. The SMILES string of the molecule is NC(c1ccccc1)c1cncn1CCc1ccncc1. The lowest BCUT2D eigenvalue weighted by atomic mass is 10.1. The van der Waals surface area contributed by atoms with E-state index < -0.39 is 0 Å². The Labute approximate surface area is 124 Å². The van der Waals surface area contributed by atoms with Crippen LogP contribution in [0.4, 0.5) is 0 Å². The second kappa shape index (κ2) is 6.33. The number of hydrogen-bond donors (Lipinski definition) is 1. The van der Waals surface area contributed by atoms with E-state index in [2.05, 4.69) is 14.5 Å². The van der Waals surface area contributed by atoms with Gasteiger partial charge < -0.3 is 10.3 Å². The molecule has 1 unspecified atom stereocenters. The first-order chi connectivity index (χ1) is 10.3. The monoisotopic (exact) mass is 278 g/mol. The maximum atomic E-state index is 6.36. The average molecular weight is 278 g/mol. The molecule has 0 radical (unpaired) electrons. The van der Waals surface area contributed by atoms with E-state index in [9.17, 15) is 0 Å². The lowest BCUT2D eigenvalue weighted by Crippen LogP contribution is -2.17. The number of rotatable bonds is 5. The maximum absolute atomic E-state index is 6.36. The molecule has 1 atom stereocenters. The van der Waals surface area contributed by atoms with Crippen LogP contribution in [0.2, 0.25) is 0 Å². The zero-order valence-electron chi connectivity index (χ0n) is 11.8. The van der Waals surface area contributed by atoms with E-state index in [0.717, 1.165) is 24.2 Å². The van der Waals surface area contributed by atoms with Crippen molar-refractivity contribution < 1.29 is 0 Å². The molecule has 2 heterocycles. The van der Waals surface area contributed by atoms with Crippen molar-refractivity contribution in [3.63, 3.8) is 0 Å². The molecule has 0 saturated carbocycles. The van der Waals surface area contributed by atoms with Gasteiger partial charge in [0, 0.05) is 18.9 Å². The van der Waals surface area contributed by atoms with Gasteiger partial charge >= 0.3 is 0 Å². The Kier molecular flexibility index (Phi) is 4.07. The molecule has 106 valence electrons. The van der Waals surface area contributed by atoms with Crippen molar-refractivity contribution in [2.24, 2.45) is 5.73 Å². The summed E-state index contributed by atoms with van der Waals surface area (Å²) in [6.07, 6.45) is 8.27. The number of aryl methyl sites for hydroxylation is 2. The van der Waals surface area contributed by atoms with Crippen LogP contribution in [0, 0.1) is 0 Å². The third-order valence-electron chi connectivity index (χ3n) is 3.61. The highest BCUT2D eigenvalue weighted by Crippen LogP contribution is 2.19. The molecule has 0 spiro atoms. The van der Waals surface area contributed by atoms with Crippen molar-refractivity contribution in [3.05, 3.63) is 84.2 Å². The van der Waals surface area contributed by atoms with Crippen LogP contribution < -0.4 is 5.73 Å². The van der Waals surface area contributed by atoms with E-state index in [1.54, 1.807) is 0 Å². The summed E-state index contributed by atoms with van der Waals surface area (Å²) in [5.74, 6) is 0. The lowest BCUT2D eigenvalue weighted by molar-refractivity contribution is 0.636. The van der Waals surface area contributed by atoms with Crippen molar-refractivity contribution in [2.45, 2.75) is 19.0 Å². The van der Waals surface area contributed by atoms with Crippen molar-refractivity contribution >= 4 is 0 Å². The molecule has 21 heavy (non-hydrogen) atoms. The van der Waals surface area contributed by atoms with Gasteiger partial charge in [0.05, 0.1) is 24.3 Å². The summed E-state index contributed by atoms with van der Waals surface area (Å²) >= 11 is 0. The quantitative estimate of drug-likeness (QED) is 0.780. The van der Waals surface area contributed by atoms with Gasteiger partial charge in [0.2, 0.25) is 0 Å². The highest BCUT2D eigenvalue weighted by atomic mass is 15.1. The number of hydrogen-bond acceptors (Lipinski definition) is 3. The number of benzene rings is 1. The Balaban J connectivity index is 1.75. The average Bonchev–Trinajstić information content (AvgIpc) is 3.02. The normalized spacial score (nSPS) is 12.2. The van der Waals surface area contributed by atoms with Crippen LogP contribution in [0.1, 0.15) is 22.9 Å². The molecule has 3 rings (SSSR count). The molecule has 4 nitrogen and oxygen atoms in total. The van der Waals surface area contributed by atoms with Gasteiger partial charge in [0.25, 0.3) is 0 Å². The largest absolute Gasteiger partial charge is 0.333 e. The number of pyridine rings is 1. The smallest absolute Gasteiger partial charge is 0.0948 e. The fourth-order valence-electron chi connectivity index (χ4n) is 2.41.